The molecule has 0 heterocycles. The van der Waals surface area contributed by atoms with E-state index in [1.165, 1.54) is 30.3 Å². The lowest BCUT2D eigenvalue weighted by molar-refractivity contribution is 0.601. The molecular formula is C13H13FN2O2S. The lowest BCUT2D eigenvalue weighted by Crippen LogP contribution is -2.13. The quantitative estimate of drug-likeness (QED) is 0.848. The van der Waals surface area contributed by atoms with Crippen LogP contribution in [0.15, 0.2) is 47.4 Å². The molecule has 0 unspecified atom stereocenters. The number of rotatable bonds is 3. The Balaban J connectivity index is 2.35. The van der Waals surface area contributed by atoms with E-state index in [2.05, 4.69) is 4.72 Å². The molecule has 0 saturated heterocycles. The molecule has 100 valence electrons. The van der Waals surface area contributed by atoms with E-state index < -0.39 is 15.8 Å². The maximum Gasteiger partial charge on any atom is 0.261 e. The molecule has 0 radical (unpaired) electrons. The minimum Gasteiger partial charge on any atom is -0.398 e. The molecule has 0 aliphatic rings. The van der Waals surface area contributed by atoms with Crippen molar-refractivity contribution in [3.63, 3.8) is 0 Å². The van der Waals surface area contributed by atoms with Gasteiger partial charge in [-0.25, -0.2) is 12.8 Å². The number of halogens is 1. The van der Waals surface area contributed by atoms with Gasteiger partial charge in [-0.3, -0.25) is 4.72 Å². The molecule has 0 aliphatic carbocycles. The summed E-state index contributed by atoms with van der Waals surface area (Å²) in [5.74, 6) is -0.511. The second-order valence-electron chi connectivity index (χ2n) is 4.13. The summed E-state index contributed by atoms with van der Waals surface area (Å²) in [7, 11) is -3.77. The van der Waals surface area contributed by atoms with E-state index in [9.17, 15) is 12.8 Å². The van der Waals surface area contributed by atoms with Crippen molar-refractivity contribution >= 4 is 21.4 Å². The number of anilines is 2. The van der Waals surface area contributed by atoms with E-state index in [1.807, 2.05) is 0 Å². The molecule has 0 fully saturated rings. The van der Waals surface area contributed by atoms with Gasteiger partial charge in [-0.2, -0.15) is 0 Å². The van der Waals surface area contributed by atoms with E-state index >= 15 is 0 Å². The van der Waals surface area contributed by atoms with Gasteiger partial charge >= 0.3 is 0 Å². The normalized spacial score (nSPS) is 11.3. The van der Waals surface area contributed by atoms with Gasteiger partial charge in [0.2, 0.25) is 0 Å². The Morgan fingerprint density at radius 1 is 1.16 bits per heavy atom. The third kappa shape index (κ3) is 3.03. The van der Waals surface area contributed by atoms with Crippen LogP contribution in [0.3, 0.4) is 0 Å². The highest BCUT2D eigenvalue weighted by atomic mass is 32.2. The number of nitrogen functional groups attached to an aromatic ring is 1. The average Bonchev–Trinajstić information content (AvgIpc) is 2.32. The van der Waals surface area contributed by atoms with Gasteiger partial charge in [-0.1, -0.05) is 12.1 Å². The number of hydrogen-bond donors (Lipinski definition) is 2. The fraction of sp³-hybridized carbons (Fsp3) is 0.0769. The van der Waals surface area contributed by atoms with Crippen LogP contribution in [0.25, 0.3) is 0 Å². The molecule has 0 spiro atoms. The largest absolute Gasteiger partial charge is 0.398 e. The Kier molecular flexibility index (Phi) is 3.44. The third-order valence-electron chi connectivity index (χ3n) is 2.64. The van der Waals surface area contributed by atoms with Crippen molar-refractivity contribution < 1.29 is 12.8 Å². The van der Waals surface area contributed by atoms with Gasteiger partial charge in [0.15, 0.2) is 0 Å². The Morgan fingerprint density at radius 2 is 1.89 bits per heavy atom. The van der Waals surface area contributed by atoms with Crippen LogP contribution in [0, 0.1) is 12.7 Å². The van der Waals surface area contributed by atoms with Gasteiger partial charge in [0, 0.05) is 5.69 Å². The molecule has 0 amide bonds. The highest BCUT2D eigenvalue weighted by Crippen LogP contribution is 2.20. The molecule has 0 bridgehead atoms. The van der Waals surface area contributed by atoms with E-state index in [0.29, 0.717) is 5.69 Å². The van der Waals surface area contributed by atoms with E-state index in [1.54, 1.807) is 13.0 Å². The Labute approximate surface area is 111 Å². The van der Waals surface area contributed by atoms with Gasteiger partial charge < -0.3 is 5.73 Å². The van der Waals surface area contributed by atoms with Crippen molar-refractivity contribution in [2.45, 2.75) is 11.8 Å². The molecule has 6 heteroatoms. The van der Waals surface area contributed by atoms with E-state index in [4.69, 9.17) is 5.73 Å². The first-order chi connectivity index (χ1) is 8.88. The zero-order chi connectivity index (χ0) is 14.0. The Hall–Kier alpha value is -2.08. The second kappa shape index (κ2) is 4.89. The van der Waals surface area contributed by atoms with Crippen LogP contribution < -0.4 is 10.5 Å². The third-order valence-corrected chi connectivity index (χ3v) is 4.02. The fourth-order valence-corrected chi connectivity index (χ4v) is 2.64. The van der Waals surface area contributed by atoms with E-state index in [-0.39, 0.29) is 10.6 Å². The number of aryl methyl sites for hydroxylation is 1. The van der Waals surface area contributed by atoms with Crippen molar-refractivity contribution in [3.8, 4) is 0 Å². The summed E-state index contributed by atoms with van der Waals surface area (Å²) in [6.45, 7) is 1.78. The number of benzene rings is 2. The smallest absolute Gasteiger partial charge is 0.261 e. The second-order valence-corrected chi connectivity index (χ2v) is 5.82. The number of nitrogens with one attached hydrogen (secondary N) is 1. The van der Waals surface area contributed by atoms with Crippen LogP contribution in [0.2, 0.25) is 0 Å². The number of hydrogen-bond acceptors (Lipinski definition) is 3. The average molecular weight is 280 g/mol. The predicted molar refractivity (Wildman–Crippen MR) is 72.8 cm³/mol. The topological polar surface area (TPSA) is 72.2 Å². The van der Waals surface area contributed by atoms with Gasteiger partial charge in [-0.05, 0) is 42.8 Å². The van der Waals surface area contributed by atoms with Crippen molar-refractivity contribution in [2.24, 2.45) is 0 Å². The lowest BCUT2D eigenvalue weighted by atomic mass is 10.2. The standard InChI is InChI=1S/C13H13FN2O2S/c1-9-5-6-12(8-13(9)15)19(17,18)16-11-4-2-3-10(14)7-11/h2-8,16H,15H2,1H3. The van der Waals surface area contributed by atoms with Crippen molar-refractivity contribution in [3.05, 3.63) is 53.8 Å². The molecule has 0 aliphatic heterocycles. The molecule has 0 aromatic heterocycles. The molecule has 2 aromatic rings. The molecule has 4 nitrogen and oxygen atoms in total. The summed E-state index contributed by atoms with van der Waals surface area (Å²) in [5, 5.41) is 0. The van der Waals surface area contributed by atoms with Crippen molar-refractivity contribution in [1.29, 1.82) is 0 Å². The molecule has 2 rings (SSSR count). The monoisotopic (exact) mass is 280 g/mol. The minimum absolute atomic E-state index is 0.0415. The lowest BCUT2D eigenvalue weighted by Gasteiger charge is -2.09. The zero-order valence-electron chi connectivity index (χ0n) is 10.2. The van der Waals surface area contributed by atoms with Crippen LogP contribution in [0.1, 0.15) is 5.56 Å². The summed E-state index contributed by atoms with van der Waals surface area (Å²) in [4.78, 5) is 0.0415. The maximum atomic E-state index is 13.0. The van der Waals surface area contributed by atoms with Gasteiger partial charge in [0.25, 0.3) is 10.0 Å². The number of nitrogens with two attached hydrogens (primary N) is 1. The van der Waals surface area contributed by atoms with Crippen LogP contribution in [-0.2, 0) is 10.0 Å². The first-order valence-electron chi connectivity index (χ1n) is 5.53. The summed E-state index contributed by atoms with van der Waals surface area (Å²) in [5.41, 5.74) is 7.04. The molecular weight excluding hydrogens is 267 g/mol. The summed E-state index contributed by atoms with van der Waals surface area (Å²) < 4.78 is 39.5. The summed E-state index contributed by atoms with van der Waals surface area (Å²) in [6.07, 6.45) is 0. The summed E-state index contributed by atoms with van der Waals surface area (Å²) in [6, 6.07) is 9.69. The van der Waals surface area contributed by atoms with Crippen molar-refractivity contribution in [1.82, 2.24) is 0 Å². The first-order valence-corrected chi connectivity index (χ1v) is 7.01. The molecule has 2 aromatic carbocycles. The Bertz CT molecular complexity index is 714. The Morgan fingerprint density at radius 3 is 2.53 bits per heavy atom. The molecule has 19 heavy (non-hydrogen) atoms. The van der Waals surface area contributed by atoms with Gasteiger partial charge in [0.05, 0.1) is 10.6 Å². The SMILES string of the molecule is Cc1ccc(S(=O)(=O)Nc2cccc(F)c2)cc1N. The minimum atomic E-state index is -3.77. The van der Waals surface area contributed by atoms with E-state index in [0.717, 1.165) is 11.6 Å². The van der Waals surface area contributed by atoms with Crippen LogP contribution in [-0.4, -0.2) is 8.42 Å². The van der Waals surface area contributed by atoms with Crippen molar-refractivity contribution in [2.75, 3.05) is 10.5 Å². The zero-order valence-corrected chi connectivity index (χ0v) is 11.0. The molecule has 3 N–H and O–H groups in total. The van der Waals surface area contributed by atoms with Crippen LogP contribution in [0.4, 0.5) is 15.8 Å². The number of sulfonamides is 1. The predicted octanol–water partition coefficient (Wildman–Crippen LogP) is 2.52. The molecule has 0 atom stereocenters. The highest BCUT2D eigenvalue weighted by Gasteiger charge is 2.15. The van der Waals surface area contributed by atoms with Crippen LogP contribution >= 0.6 is 0 Å². The molecule has 0 saturated carbocycles. The van der Waals surface area contributed by atoms with Gasteiger partial charge in [0.1, 0.15) is 5.82 Å². The van der Waals surface area contributed by atoms with Gasteiger partial charge in [-0.15, -0.1) is 0 Å². The van der Waals surface area contributed by atoms with Crippen LogP contribution in [0.5, 0.6) is 0 Å². The first kappa shape index (κ1) is 13.4. The highest BCUT2D eigenvalue weighted by molar-refractivity contribution is 7.92. The maximum absolute atomic E-state index is 13.0. The fourth-order valence-electron chi connectivity index (χ4n) is 1.55. The summed E-state index contributed by atoms with van der Waals surface area (Å²) >= 11 is 0.